The Morgan fingerprint density at radius 3 is 2.20 bits per heavy atom. The number of hydrogen-bond donors (Lipinski definition) is 1. The molecule has 0 radical (unpaired) electrons. The highest BCUT2D eigenvalue weighted by Crippen LogP contribution is 2.24. The zero-order valence-corrected chi connectivity index (χ0v) is 13.8. The second-order valence-electron chi connectivity index (χ2n) is 5.01. The second-order valence-corrected chi connectivity index (χ2v) is 5.93. The first-order valence-electron chi connectivity index (χ1n) is 6.76. The van der Waals surface area contributed by atoms with Crippen LogP contribution in [0.15, 0.2) is 40.9 Å². The van der Waals surface area contributed by atoms with Crippen LogP contribution in [0.1, 0.15) is 16.7 Å². The van der Waals surface area contributed by atoms with Gasteiger partial charge in [0.1, 0.15) is 12.4 Å². The maximum absolute atomic E-state index is 5.90. The normalized spacial score (nSPS) is 10.4. The van der Waals surface area contributed by atoms with Crippen LogP contribution in [0.25, 0.3) is 0 Å². The van der Waals surface area contributed by atoms with E-state index in [9.17, 15) is 0 Å². The Bertz CT molecular complexity index is 555. The van der Waals surface area contributed by atoms with Crippen LogP contribution < -0.4 is 10.1 Å². The number of benzene rings is 2. The Kier molecular flexibility index (Phi) is 5.07. The number of hydrogen-bond acceptors (Lipinski definition) is 2. The van der Waals surface area contributed by atoms with E-state index in [1.165, 1.54) is 16.7 Å². The van der Waals surface area contributed by atoms with Crippen molar-refractivity contribution in [1.82, 2.24) is 0 Å². The number of aryl methyl sites for hydroxylation is 3. The van der Waals surface area contributed by atoms with Gasteiger partial charge in [0.15, 0.2) is 0 Å². The molecule has 0 fully saturated rings. The lowest BCUT2D eigenvalue weighted by molar-refractivity contribution is 0.328. The van der Waals surface area contributed by atoms with Gasteiger partial charge < -0.3 is 10.1 Å². The molecule has 106 valence electrons. The van der Waals surface area contributed by atoms with Crippen LogP contribution in [0, 0.1) is 20.8 Å². The number of anilines is 1. The van der Waals surface area contributed by atoms with E-state index in [0.29, 0.717) is 6.61 Å². The molecule has 0 aliphatic carbocycles. The van der Waals surface area contributed by atoms with Crippen molar-refractivity contribution in [1.29, 1.82) is 0 Å². The molecule has 0 unspecified atom stereocenters. The van der Waals surface area contributed by atoms with Crippen molar-refractivity contribution in [2.24, 2.45) is 0 Å². The van der Waals surface area contributed by atoms with E-state index in [-0.39, 0.29) is 0 Å². The minimum atomic E-state index is 0.654. The van der Waals surface area contributed by atoms with E-state index >= 15 is 0 Å². The summed E-state index contributed by atoms with van der Waals surface area (Å²) < 4.78 is 6.98. The zero-order chi connectivity index (χ0) is 14.5. The molecule has 2 rings (SSSR count). The van der Waals surface area contributed by atoms with Gasteiger partial charge in [0.25, 0.3) is 0 Å². The topological polar surface area (TPSA) is 21.3 Å². The van der Waals surface area contributed by atoms with Crippen LogP contribution in [0.5, 0.6) is 5.75 Å². The van der Waals surface area contributed by atoms with Crippen LogP contribution >= 0.6 is 15.9 Å². The molecule has 0 heterocycles. The highest BCUT2D eigenvalue weighted by molar-refractivity contribution is 9.10. The summed E-state index contributed by atoms with van der Waals surface area (Å²) in [5.41, 5.74) is 4.78. The van der Waals surface area contributed by atoms with Gasteiger partial charge in [0, 0.05) is 16.7 Å². The molecule has 0 saturated carbocycles. The fourth-order valence-corrected chi connectivity index (χ4v) is 2.57. The summed E-state index contributed by atoms with van der Waals surface area (Å²) in [7, 11) is 0. The molecule has 0 amide bonds. The summed E-state index contributed by atoms with van der Waals surface area (Å²) in [5.74, 6) is 1.01. The average molecular weight is 334 g/mol. The molecule has 0 aliphatic rings. The van der Waals surface area contributed by atoms with Crippen molar-refractivity contribution in [2.75, 3.05) is 18.5 Å². The Morgan fingerprint density at radius 1 is 1.00 bits per heavy atom. The van der Waals surface area contributed by atoms with Crippen LogP contribution in [-0.4, -0.2) is 13.2 Å². The lowest BCUT2D eigenvalue weighted by Crippen LogP contribution is -2.12. The first kappa shape index (κ1) is 14.9. The molecule has 0 spiro atoms. The van der Waals surface area contributed by atoms with Gasteiger partial charge in [-0.2, -0.15) is 0 Å². The largest absolute Gasteiger partial charge is 0.491 e. The summed E-state index contributed by atoms with van der Waals surface area (Å²) in [5, 5.41) is 3.35. The molecule has 1 N–H and O–H groups in total. The highest BCUT2D eigenvalue weighted by Gasteiger charge is 2.04. The molecule has 0 atom stereocenters. The lowest BCUT2D eigenvalue weighted by Gasteiger charge is -2.14. The molecule has 3 heteroatoms. The fourth-order valence-electron chi connectivity index (χ4n) is 2.31. The van der Waals surface area contributed by atoms with Crippen molar-refractivity contribution in [3.8, 4) is 5.75 Å². The third-order valence-corrected chi connectivity index (χ3v) is 3.66. The van der Waals surface area contributed by atoms with Crippen LogP contribution in [0.3, 0.4) is 0 Å². The van der Waals surface area contributed by atoms with E-state index < -0.39 is 0 Å². The molecular formula is C17H20BrNO. The monoisotopic (exact) mass is 333 g/mol. The van der Waals surface area contributed by atoms with Gasteiger partial charge in [0.2, 0.25) is 0 Å². The van der Waals surface area contributed by atoms with Crippen LogP contribution in [0.4, 0.5) is 5.69 Å². The number of ether oxygens (including phenoxy) is 1. The first-order chi connectivity index (χ1) is 9.56. The lowest BCUT2D eigenvalue weighted by atomic mass is 10.1. The number of halogens is 1. The van der Waals surface area contributed by atoms with E-state index in [1.807, 2.05) is 24.3 Å². The van der Waals surface area contributed by atoms with Crippen molar-refractivity contribution < 1.29 is 4.74 Å². The van der Waals surface area contributed by atoms with Gasteiger partial charge in [-0.1, -0.05) is 33.6 Å². The molecule has 2 nitrogen and oxygen atoms in total. The van der Waals surface area contributed by atoms with Gasteiger partial charge >= 0.3 is 0 Å². The third-order valence-electron chi connectivity index (χ3n) is 3.13. The molecule has 2 aromatic carbocycles. The van der Waals surface area contributed by atoms with E-state index in [0.717, 1.165) is 22.5 Å². The Morgan fingerprint density at radius 2 is 1.60 bits per heavy atom. The van der Waals surface area contributed by atoms with Crippen LogP contribution in [-0.2, 0) is 0 Å². The molecule has 0 bridgehead atoms. The SMILES string of the molecule is Cc1cc(C)c(OCCNc2ccc(Br)cc2)c(C)c1. The zero-order valence-electron chi connectivity index (χ0n) is 12.2. The van der Waals surface area contributed by atoms with Crippen molar-refractivity contribution in [2.45, 2.75) is 20.8 Å². The van der Waals surface area contributed by atoms with E-state index in [4.69, 9.17) is 4.74 Å². The number of nitrogens with one attached hydrogen (secondary N) is 1. The molecule has 20 heavy (non-hydrogen) atoms. The van der Waals surface area contributed by atoms with Crippen molar-refractivity contribution >= 4 is 21.6 Å². The molecular weight excluding hydrogens is 314 g/mol. The van der Waals surface area contributed by atoms with Gasteiger partial charge in [-0.25, -0.2) is 0 Å². The smallest absolute Gasteiger partial charge is 0.125 e. The average Bonchev–Trinajstić information content (AvgIpc) is 2.39. The van der Waals surface area contributed by atoms with E-state index in [2.05, 4.69) is 54.2 Å². The first-order valence-corrected chi connectivity index (χ1v) is 7.55. The summed E-state index contributed by atoms with van der Waals surface area (Å²) >= 11 is 3.43. The molecule has 2 aromatic rings. The standard InChI is InChI=1S/C17H20BrNO/c1-12-10-13(2)17(14(3)11-12)20-9-8-19-16-6-4-15(18)5-7-16/h4-7,10-11,19H,8-9H2,1-3H3. The Labute approximate surface area is 129 Å². The van der Waals surface area contributed by atoms with Crippen molar-refractivity contribution in [3.63, 3.8) is 0 Å². The minimum absolute atomic E-state index is 0.654. The predicted molar refractivity (Wildman–Crippen MR) is 88.8 cm³/mol. The van der Waals surface area contributed by atoms with Crippen LogP contribution in [0.2, 0.25) is 0 Å². The number of rotatable bonds is 5. The minimum Gasteiger partial charge on any atom is -0.491 e. The van der Waals surface area contributed by atoms with Crippen molar-refractivity contribution in [3.05, 3.63) is 57.6 Å². The van der Waals surface area contributed by atoms with E-state index in [1.54, 1.807) is 0 Å². The summed E-state index contributed by atoms with van der Waals surface area (Å²) in [6.45, 7) is 7.74. The van der Waals surface area contributed by atoms with Gasteiger partial charge in [-0.15, -0.1) is 0 Å². The fraction of sp³-hybridized carbons (Fsp3) is 0.294. The Balaban J connectivity index is 1.86. The Hall–Kier alpha value is -1.48. The summed E-state index contributed by atoms with van der Waals surface area (Å²) in [6, 6.07) is 12.5. The summed E-state index contributed by atoms with van der Waals surface area (Å²) in [6.07, 6.45) is 0. The van der Waals surface area contributed by atoms with Gasteiger partial charge in [0.05, 0.1) is 0 Å². The maximum Gasteiger partial charge on any atom is 0.125 e. The predicted octanol–water partition coefficient (Wildman–Crippen LogP) is 4.87. The quantitative estimate of drug-likeness (QED) is 0.788. The van der Waals surface area contributed by atoms with Gasteiger partial charge in [-0.3, -0.25) is 0 Å². The second kappa shape index (κ2) is 6.80. The third kappa shape index (κ3) is 4.01. The molecule has 0 aromatic heterocycles. The summed E-state index contributed by atoms with van der Waals surface area (Å²) in [4.78, 5) is 0. The highest BCUT2D eigenvalue weighted by atomic mass is 79.9. The molecule has 0 aliphatic heterocycles. The molecule has 0 saturated heterocycles. The van der Waals surface area contributed by atoms with Gasteiger partial charge in [-0.05, 0) is 56.2 Å². The maximum atomic E-state index is 5.90.